The van der Waals surface area contributed by atoms with Crippen molar-refractivity contribution in [2.45, 2.75) is 0 Å². The molecule has 2 heterocycles. The highest BCUT2D eigenvalue weighted by Gasteiger charge is 2.14. The minimum atomic E-state index is -4.32. The number of nitrogens with zero attached hydrogens (tertiary/aromatic N) is 2. The van der Waals surface area contributed by atoms with E-state index in [1.165, 1.54) is 12.3 Å². The van der Waals surface area contributed by atoms with Crippen molar-refractivity contribution < 1.29 is 19.1 Å². The van der Waals surface area contributed by atoms with Gasteiger partial charge >= 0.3 is 7.60 Å². The number of hydrogen-bond donors (Lipinski definition) is 3. The van der Waals surface area contributed by atoms with Crippen LogP contribution in [0.3, 0.4) is 0 Å². The van der Waals surface area contributed by atoms with Gasteiger partial charge in [0.05, 0.1) is 16.8 Å². The highest BCUT2D eigenvalue weighted by Crippen LogP contribution is 2.38. The van der Waals surface area contributed by atoms with E-state index in [-0.39, 0.29) is 5.91 Å². The van der Waals surface area contributed by atoms with Crippen molar-refractivity contribution in [2.75, 3.05) is 5.32 Å². The first kappa shape index (κ1) is 22.6. The maximum Gasteiger partial charge on any atom is 0.349 e. The third kappa shape index (κ3) is 5.03. The first-order valence-corrected chi connectivity index (χ1v) is 12.4. The number of hydrogen-bond acceptors (Lipinski definition) is 4. The summed E-state index contributed by atoms with van der Waals surface area (Å²) < 4.78 is 11.3. The van der Waals surface area contributed by atoms with Gasteiger partial charge in [-0.05, 0) is 52.7 Å². The number of carbonyl (C=O) groups is 1. The van der Waals surface area contributed by atoms with Crippen LogP contribution < -0.4 is 5.32 Å². The summed E-state index contributed by atoms with van der Waals surface area (Å²) >= 11 is 0. The predicted molar refractivity (Wildman–Crippen MR) is 138 cm³/mol. The Morgan fingerprint density at radius 3 is 2.51 bits per heavy atom. The summed E-state index contributed by atoms with van der Waals surface area (Å²) in [5.74, 6) is 0.553. The molecule has 0 radical (unpaired) electrons. The average Bonchev–Trinajstić information content (AvgIpc) is 2.87. The lowest BCUT2D eigenvalue weighted by atomic mass is 9.95. The Hall–Kier alpha value is -4.16. The van der Waals surface area contributed by atoms with E-state index in [0.29, 0.717) is 22.5 Å². The molecule has 1 amide bonds. The number of pyridine rings is 2. The third-order valence-electron chi connectivity index (χ3n) is 5.51. The Morgan fingerprint density at radius 2 is 1.71 bits per heavy atom. The Morgan fingerprint density at radius 1 is 0.886 bits per heavy atom. The van der Waals surface area contributed by atoms with E-state index in [1.54, 1.807) is 24.4 Å². The third-order valence-corrected chi connectivity index (χ3v) is 6.05. The molecule has 0 aliphatic rings. The van der Waals surface area contributed by atoms with Gasteiger partial charge in [0.1, 0.15) is 0 Å². The van der Waals surface area contributed by atoms with Gasteiger partial charge in [-0.15, -0.1) is 0 Å². The Bertz CT molecular complexity index is 1640. The molecule has 2 aromatic heterocycles. The molecule has 0 fully saturated rings. The number of aromatic nitrogens is 2. The van der Waals surface area contributed by atoms with Gasteiger partial charge in [-0.3, -0.25) is 14.3 Å². The first-order chi connectivity index (χ1) is 16.9. The van der Waals surface area contributed by atoms with Crippen LogP contribution in [-0.4, -0.2) is 25.7 Å². The lowest BCUT2D eigenvalue weighted by Crippen LogP contribution is -2.12. The van der Waals surface area contributed by atoms with Crippen molar-refractivity contribution in [1.82, 2.24) is 9.97 Å². The van der Waals surface area contributed by atoms with E-state index in [4.69, 9.17) is 0 Å². The van der Waals surface area contributed by atoms with Crippen molar-refractivity contribution in [1.29, 1.82) is 0 Å². The van der Waals surface area contributed by atoms with E-state index in [1.807, 2.05) is 60.7 Å². The molecule has 0 atom stereocenters. The standard InChI is InChI=1S/C27H20N3O4P/c31-27(20-7-4-13-28-17-20)30-22-15-19-10-11-21(12-14-35(32,33)34)29-26(19)25(16-22)24-9-3-6-18-5-1-2-8-23(18)24/h1-17H,(H,30,31)(H2,32,33,34). The fourth-order valence-electron chi connectivity index (χ4n) is 3.95. The van der Waals surface area contributed by atoms with Gasteiger partial charge in [-0.2, -0.15) is 0 Å². The molecule has 8 heteroatoms. The molecule has 0 aliphatic carbocycles. The van der Waals surface area contributed by atoms with Crippen LogP contribution in [0.4, 0.5) is 5.69 Å². The van der Waals surface area contributed by atoms with E-state index in [0.717, 1.165) is 33.1 Å². The molecule has 5 aromatic rings. The molecule has 172 valence electrons. The molecule has 0 saturated carbocycles. The van der Waals surface area contributed by atoms with E-state index in [2.05, 4.69) is 15.3 Å². The molecular weight excluding hydrogens is 461 g/mol. The smallest absolute Gasteiger partial charge is 0.322 e. The zero-order chi connectivity index (χ0) is 24.4. The molecule has 0 saturated heterocycles. The Balaban J connectivity index is 1.69. The fourth-order valence-corrected chi connectivity index (χ4v) is 4.30. The zero-order valence-electron chi connectivity index (χ0n) is 18.4. The highest BCUT2D eigenvalue weighted by atomic mass is 31.2. The van der Waals surface area contributed by atoms with Crippen LogP contribution in [0.5, 0.6) is 0 Å². The molecular formula is C27H20N3O4P. The van der Waals surface area contributed by atoms with Crippen molar-refractivity contribution >= 4 is 46.9 Å². The number of nitrogens with one attached hydrogen (secondary N) is 1. The summed E-state index contributed by atoms with van der Waals surface area (Å²) in [4.78, 5) is 39.9. The average molecular weight is 481 g/mol. The van der Waals surface area contributed by atoms with Crippen LogP contribution in [0.15, 0.2) is 97.1 Å². The van der Waals surface area contributed by atoms with Crippen molar-refractivity contribution in [3.05, 3.63) is 108 Å². The maximum absolute atomic E-state index is 12.8. The molecule has 0 bridgehead atoms. The van der Waals surface area contributed by atoms with Crippen LogP contribution in [0.2, 0.25) is 0 Å². The minimum absolute atomic E-state index is 0.282. The highest BCUT2D eigenvalue weighted by molar-refractivity contribution is 7.55. The van der Waals surface area contributed by atoms with E-state index < -0.39 is 7.60 Å². The summed E-state index contributed by atoms with van der Waals surface area (Å²) in [6, 6.07) is 24.5. The molecule has 0 spiro atoms. The van der Waals surface area contributed by atoms with Gasteiger partial charge in [0.2, 0.25) is 0 Å². The normalized spacial score (nSPS) is 11.8. The van der Waals surface area contributed by atoms with Crippen LogP contribution in [0.25, 0.3) is 38.9 Å². The second-order valence-electron chi connectivity index (χ2n) is 7.96. The summed E-state index contributed by atoms with van der Waals surface area (Å²) in [5.41, 5.74) is 3.80. The SMILES string of the molecule is O=C(Nc1cc(-c2cccc3ccccc23)c2nc(C=CP(=O)(O)O)ccc2c1)c1cccnc1. The Labute approximate surface area is 201 Å². The predicted octanol–water partition coefficient (Wildman–Crippen LogP) is 5.85. The topological polar surface area (TPSA) is 112 Å². The lowest BCUT2D eigenvalue weighted by Gasteiger charge is -2.14. The summed E-state index contributed by atoms with van der Waals surface area (Å²) in [6.45, 7) is 0. The van der Waals surface area contributed by atoms with Gasteiger partial charge in [-0.1, -0.05) is 48.5 Å². The monoisotopic (exact) mass is 481 g/mol. The van der Waals surface area contributed by atoms with Gasteiger partial charge in [0.25, 0.3) is 5.91 Å². The fraction of sp³-hybridized carbons (Fsp3) is 0. The number of rotatable bonds is 5. The molecule has 3 aromatic carbocycles. The molecule has 7 nitrogen and oxygen atoms in total. The van der Waals surface area contributed by atoms with Crippen LogP contribution in [0, 0.1) is 0 Å². The van der Waals surface area contributed by atoms with Gasteiger partial charge in [-0.25, -0.2) is 4.98 Å². The zero-order valence-corrected chi connectivity index (χ0v) is 19.3. The number of carbonyl (C=O) groups excluding carboxylic acids is 1. The molecule has 0 unspecified atom stereocenters. The number of amides is 1. The first-order valence-electron chi connectivity index (χ1n) is 10.8. The van der Waals surface area contributed by atoms with E-state index in [9.17, 15) is 19.1 Å². The van der Waals surface area contributed by atoms with Crippen molar-refractivity contribution in [2.24, 2.45) is 0 Å². The summed E-state index contributed by atoms with van der Waals surface area (Å²) in [5, 5.41) is 5.79. The summed E-state index contributed by atoms with van der Waals surface area (Å²) in [7, 11) is -4.32. The maximum atomic E-state index is 12.8. The second-order valence-corrected chi connectivity index (χ2v) is 9.44. The van der Waals surface area contributed by atoms with Gasteiger partial charge < -0.3 is 15.1 Å². The number of benzene rings is 3. The second kappa shape index (κ2) is 9.24. The molecule has 35 heavy (non-hydrogen) atoms. The van der Waals surface area contributed by atoms with Crippen LogP contribution >= 0.6 is 7.60 Å². The number of anilines is 1. The lowest BCUT2D eigenvalue weighted by molar-refractivity contribution is 0.102. The van der Waals surface area contributed by atoms with Crippen LogP contribution in [-0.2, 0) is 4.57 Å². The van der Waals surface area contributed by atoms with Gasteiger partial charge in [0.15, 0.2) is 0 Å². The minimum Gasteiger partial charge on any atom is -0.322 e. The quantitative estimate of drug-likeness (QED) is 0.272. The number of fused-ring (bicyclic) bond motifs is 2. The van der Waals surface area contributed by atoms with Gasteiger partial charge in [0, 0.05) is 34.8 Å². The molecule has 3 N–H and O–H groups in total. The Kier molecular flexibility index (Phi) is 5.97. The largest absolute Gasteiger partial charge is 0.349 e. The van der Waals surface area contributed by atoms with Crippen molar-refractivity contribution in [3.63, 3.8) is 0 Å². The summed E-state index contributed by atoms with van der Waals surface area (Å²) in [6.07, 6.45) is 4.42. The van der Waals surface area contributed by atoms with E-state index >= 15 is 0 Å². The molecule has 5 rings (SSSR count). The molecule has 0 aliphatic heterocycles. The van der Waals surface area contributed by atoms with Crippen LogP contribution in [0.1, 0.15) is 16.1 Å². The van der Waals surface area contributed by atoms with Crippen molar-refractivity contribution in [3.8, 4) is 11.1 Å².